The van der Waals surface area contributed by atoms with E-state index >= 15 is 0 Å². The molecular formula is C15H19NO3. The standard InChI is InChI=1S/C15H19NO3/c17-14(6-7-15(18)19)16-9-8-11-4-5-12-2-1-3-13(12)10-11/h4-5,10H,1-3,6-9H2,(H,16,17)(H,18,19). The molecule has 2 N–H and O–H groups in total. The summed E-state index contributed by atoms with van der Waals surface area (Å²) in [4.78, 5) is 21.7. The predicted molar refractivity (Wildman–Crippen MR) is 72.1 cm³/mol. The Labute approximate surface area is 112 Å². The molecule has 0 atom stereocenters. The molecule has 4 heteroatoms. The molecule has 2 rings (SSSR count). The molecule has 0 saturated heterocycles. The van der Waals surface area contributed by atoms with Crippen LogP contribution in [0.4, 0.5) is 0 Å². The highest BCUT2D eigenvalue weighted by Crippen LogP contribution is 2.22. The quantitative estimate of drug-likeness (QED) is 0.819. The van der Waals surface area contributed by atoms with Crippen LogP contribution in [-0.4, -0.2) is 23.5 Å². The molecule has 102 valence electrons. The number of benzene rings is 1. The molecule has 0 spiro atoms. The predicted octanol–water partition coefficient (Wildman–Crippen LogP) is 1.70. The number of hydrogen-bond donors (Lipinski definition) is 2. The van der Waals surface area contributed by atoms with Gasteiger partial charge in [-0.1, -0.05) is 18.2 Å². The van der Waals surface area contributed by atoms with Crippen LogP contribution in [0.5, 0.6) is 0 Å². The molecule has 0 bridgehead atoms. The van der Waals surface area contributed by atoms with Crippen molar-refractivity contribution in [3.05, 3.63) is 34.9 Å². The number of hydrogen-bond acceptors (Lipinski definition) is 2. The van der Waals surface area contributed by atoms with Crippen molar-refractivity contribution in [2.45, 2.75) is 38.5 Å². The van der Waals surface area contributed by atoms with Gasteiger partial charge < -0.3 is 10.4 Å². The average Bonchev–Trinajstić information content (AvgIpc) is 2.83. The highest BCUT2D eigenvalue weighted by atomic mass is 16.4. The molecule has 0 saturated carbocycles. The van der Waals surface area contributed by atoms with Gasteiger partial charge in [0.05, 0.1) is 6.42 Å². The molecule has 1 aliphatic rings. The number of carboxylic acid groups (broad SMARTS) is 1. The van der Waals surface area contributed by atoms with E-state index in [1.807, 2.05) is 0 Å². The summed E-state index contributed by atoms with van der Waals surface area (Å²) in [5, 5.41) is 11.2. The van der Waals surface area contributed by atoms with E-state index in [1.54, 1.807) is 0 Å². The molecule has 19 heavy (non-hydrogen) atoms. The molecule has 0 heterocycles. The van der Waals surface area contributed by atoms with Gasteiger partial charge >= 0.3 is 5.97 Å². The van der Waals surface area contributed by atoms with Crippen LogP contribution in [0, 0.1) is 0 Å². The van der Waals surface area contributed by atoms with Crippen LogP contribution >= 0.6 is 0 Å². The Kier molecular flexibility index (Phi) is 4.55. The summed E-state index contributed by atoms with van der Waals surface area (Å²) in [5.74, 6) is -1.13. The molecule has 1 aromatic rings. The minimum Gasteiger partial charge on any atom is -0.481 e. The Morgan fingerprint density at radius 3 is 2.74 bits per heavy atom. The number of carbonyl (C=O) groups excluding carboxylic acids is 1. The van der Waals surface area contributed by atoms with Gasteiger partial charge in [0.2, 0.25) is 5.91 Å². The summed E-state index contributed by atoms with van der Waals surface area (Å²) in [6, 6.07) is 6.53. The fourth-order valence-corrected chi connectivity index (χ4v) is 2.44. The molecule has 0 aromatic heterocycles. The molecule has 1 amide bonds. The second-order valence-electron chi connectivity index (χ2n) is 4.95. The topological polar surface area (TPSA) is 66.4 Å². The van der Waals surface area contributed by atoms with Gasteiger partial charge in [-0.15, -0.1) is 0 Å². The minimum atomic E-state index is -0.936. The van der Waals surface area contributed by atoms with E-state index in [-0.39, 0.29) is 18.7 Å². The Bertz CT molecular complexity index is 482. The lowest BCUT2D eigenvalue weighted by molar-refractivity contribution is -0.138. The molecule has 4 nitrogen and oxygen atoms in total. The van der Waals surface area contributed by atoms with Crippen LogP contribution in [0.3, 0.4) is 0 Å². The van der Waals surface area contributed by atoms with Crippen molar-refractivity contribution in [1.82, 2.24) is 5.32 Å². The molecule has 1 aliphatic carbocycles. The van der Waals surface area contributed by atoms with Gasteiger partial charge in [-0.2, -0.15) is 0 Å². The molecule has 0 radical (unpaired) electrons. The van der Waals surface area contributed by atoms with Crippen molar-refractivity contribution in [2.75, 3.05) is 6.54 Å². The first-order valence-electron chi connectivity index (χ1n) is 6.74. The Morgan fingerprint density at radius 1 is 1.16 bits per heavy atom. The third kappa shape index (κ3) is 4.09. The summed E-state index contributed by atoms with van der Waals surface area (Å²) in [5.41, 5.74) is 4.13. The van der Waals surface area contributed by atoms with E-state index in [0.717, 1.165) is 12.8 Å². The molecule has 0 fully saturated rings. The largest absolute Gasteiger partial charge is 0.481 e. The SMILES string of the molecule is O=C(O)CCC(=O)NCCc1ccc2c(c1)CCC2. The monoisotopic (exact) mass is 261 g/mol. The smallest absolute Gasteiger partial charge is 0.303 e. The van der Waals surface area contributed by atoms with Crippen molar-refractivity contribution in [2.24, 2.45) is 0 Å². The summed E-state index contributed by atoms with van der Waals surface area (Å²) < 4.78 is 0. The molecule has 0 aliphatic heterocycles. The van der Waals surface area contributed by atoms with Gasteiger partial charge in [-0.3, -0.25) is 9.59 Å². The summed E-state index contributed by atoms with van der Waals surface area (Å²) >= 11 is 0. The minimum absolute atomic E-state index is 0.0551. The normalized spacial score (nSPS) is 13.1. The highest BCUT2D eigenvalue weighted by molar-refractivity contribution is 5.80. The number of amides is 1. The van der Waals surface area contributed by atoms with E-state index in [1.165, 1.54) is 29.5 Å². The number of nitrogens with one attached hydrogen (secondary N) is 1. The van der Waals surface area contributed by atoms with Crippen LogP contribution in [-0.2, 0) is 28.9 Å². The summed E-state index contributed by atoms with van der Waals surface area (Å²) in [6.45, 7) is 0.567. The Morgan fingerprint density at radius 2 is 1.95 bits per heavy atom. The van der Waals surface area contributed by atoms with Gasteiger partial charge in [0, 0.05) is 13.0 Å². The average molecular weight is 261 g/mol. The molecular weight excluding hydrogens is 242 g/mol. The lowest BCUT2D eigenvalue weighted by Gasteiger charge is -2.06. The summed E-state index contributed by atoms with van der Waals surface area (Å²) in [6.07, 6.45) is 4.33. The maximum Gasteiger partial charge on any atom is 0.303 e. The van der Waals surface area contributed by atoms with Crippen molar-refractivity contribution in [1.29, 1.82) is 0 Å². The van der Waals surface area contributed by atoms with E-state index in [9.17, 15) is 9.59 Å². The second-order valence-corrected chi connectivity index (χ2v) is 4.95. The van der Waals surface area contributed by atoms with Gasteiger partial charge in [0.1, 0.15) is 0 Å². The van der Waals surface area contributed by atoms with Gasteiger partial charge in [-0.05, 0) is 42.4 Å². The zero-order chi connectivity index (χ0) is 13.7. The van der Waals surface area contributed by atoms with Crippen LogP contribution < -0.4 is 5.32 Å². The lowest BCUT2D eigenvalue weighted by atomic mass is 10.0. The first kappa shape index (κ1) is 13.6. The van der Waals surface area contributed by atoms with Crippen molar-refractivity contribution in [3.8, 4) is 0 Å². The van der Waals surface area contributed by atoms with E-state index < -0.39 is 5.97 Å². The van der Waals surface area contributed by atoms with E-state index in [4.69, 9.17) is 5.11 Å². The Balaban J connectivity index is 1.74. The number of aryl methyl sites for hydroxylation is 2. The van der Waals surface area contributed by atoms with Crippen molar-refractivity contribution >= 4 is 11.9 Å². The van der Waals surface area contributed by atoms with Crippen LogP contribution in [0.2, 0.25) is 0 Å². The number of carboxylic acids is 1. The maximum absolute atomic E-state index is 11.4. The summed E-state index contributed by atoms with van der Waals surface area (Å²) in [7, 11) is 0. The third-order valence-electron chi connectivity index (χ3n) is 3.46. The highest BCUT2D eigenvalue weighted by Gasteiger charge is 2.10. The van der Waals surface area contributed by atoms with Crippen LogP contribution in [0.25, 0.3) is 0 Å². The Hall–Kier alpha value is -1.84. The number of carbonyl (C=O) groups is 2. The number of fused-ring (bicyclic) bond motifs is 1. The van der Waals surface area contributed by atoms with Gasteiger partial charge in [-0.25, -0.2) is 0 Å². The lowest BCUT2D eigenvalue weighted by Crippen LogP contribution is -2.26. The van der Waals surface area contributed by atoms with E-state index in [2.05, 4.69) is 23.5 Å². The second kappa shape index (κ2) is 6.36. The van der Waals surface area contributed by atoms with Crippen LogP contribution in [0.15, 0.2) is 18.2 Å². The van der Waals surface area contributed by atoms with Crippen molar-refractivity contribution < 1.29 is 14.7 Å². The zero-order valence-electron chi connectivity index (χ0n) is 10.9. The maximum atomic E-state index is 11.4. The molecule has 1 aromatic carbocycles. The fraction of sp³-hybridized carbons (Fsp3) is 0.467. The molecule has 0 unspecified atom stereocenters. The van der Waals surface area contributed by atoms with Crippen molar-refractivity contribution in [3.63, 3.8) is 0 Å². The van der Waals surface area contributed by atoms with Gasteiger partial charge in [0.15, 0.2) is 0 Å². The third-order valence-corrected chi connectivity index (χ3v) is 3.46. The van der Waals surface area contributed by atoms with Crippen LogP contribution in [0.1, 0.15) is 36.0 Å². The van der Waals surface area contributed by atoms with Gasteiger partial charge in [0.25, 0.3) is 0 Å². The zero-order valence-corrected chi connectivity index (χ0v) is 10.9. The number of rotatable bonds is 6. The van der Waals surface area contributed by atoms with E-state index in [0.29, 0.717) is 6.54 Å². The number of aliphatic carboxylic acids is 1. The first-order valence-corrected chi connectivity index (χ1v) is 6.74. The first-order chi connectivity index (χ1) is 9.15. The fourth-order valence-electron chi connectivity index (χ4n) is 2.44.